The lowest BCUT2D eigenvalue weighted by atomic mass is 9.71. The maximum Gasteiger partial charge on any atom is 0.314 e. The number of hydrogen-bond donors (Lipinski definition) is 0. The van der Waals surface area contributed by atoms with Crippen LogP contribution in [-0.4, -0.2) is 36.3 Å². The number of halogens is 2. The zero-order valence-electron chi connectivity index (χ0n) is 25.6. The van der Waals surface area contributed by atoms with E-state index in [0.717, 1.165) is 45.9 Å². The number of methoxy groups -OCH3 is 3. The number of nitrogens with zero attached hydrogens (tertiary/aromatic N) is 3. The lowest BCUT2D eigenvalue weighted by Gasteiger charge is -2.38. The Labute approximate surface area is 259 Å². The van der Waals surface area contributed by atoms with Gasteiger partial charge in [0.25, 0.3) is 0 Å². The van der Waals surface area contributed by atoms with Crippen molar-refractivity contribution >= 4 is 16.8 Å². The molecule has 7 nitrogen and oxygen atoms in total. The van der Waals surface area contributed by atoms with Crippen LogP contribution in [0.25, 0.3) is 28.0 Å². The smallest absolute Gasteiger partial charge is 0.314 e. The molecule has 228 valence electrons. The van der Waals surface area contributed by atoms with Crippen molar-refractivity contribution in [2.75, 3.05) is 21.3 Å². The molecule has 1 aliphatic carbocycles. The fourth-order valence-corrected chi connectivity index (χ4v) is 7.22. The molecule has 2 heterocycles. The summed E-state index contributed by atoms with van der Waals surface area (Å²) in [5.74, 6) is 1.99. The van der Waals surface area contributed by atoms with Gasteiger partial charge < -0.3 is 18.9 Å². The van der Waals surface area contributed by atoms with E-state index in [9.17, 15) is 8.78 Å². The van der Waals surface area contributed by atoms with Crippen LogP contribution in [0.3, 0.4) is 0 Å². The number of rotatable bonds is 7. The van der Waals surface area contributed by atoms with Crippen molar-refractivity contribution in [3.05, 3.63) is 107 Å². The highest BCUT2D eigenvalue weighted by Crippen LogP contribution is 2.61. The highest BCUT2D eigenvalue weighted by Gasteiger charge is 2.48. The summed E-state index contributed by atoms with van der Waals surface area (Å²) < 4.78 is 53.2. The van der Waals surface area contributed by atoms with Crippen molar-refractivity contribution in [1.82, 2.24) is 15.0 Å². The number of aromatic nitrogens is 3. The normalized spacial score (nSPS) is 17.3. The second-order valence-electron chi connectivity index (χ2n) is 11.2. The lowest BCUT2D eigenvalue weighted by Crippen LogP contribution is -2.38. The molecule has 9 heteroatoms. The molecule has 0 saturated carbocycles. The summed E-state index contributed by atoms with van der Waals surface area (Å²) in [6.45, 7) is 4.40. The highest BCUT2D eigenvalue weighted by atomic mass is 19.1. The molecule has 1 aromatic heterocycles. The number of benzene rings is 4. The third kappa shape index (κ3) is 4.02. The summed E-state index contributed by atoms with van der Waals surface area (Å²) in [6.07, 6.45) is 2.95. The van der Waals surface area contributed by atoms with Gasteiger partial charge in [-0.05, 0) is 70.8 Å². The summed E-state index contributed by atoms with van der Waals surface area (Å²) in [4.78, 5) is 11.0. The monoisotopic (exact) mass is 607 g/mol. The summed E-state index contributed by atoms with van der Waals surface area (Å²) in [6, 6.07) is 19.4. The largest absolute Gasteiger partial charge is 0.497 e. The van der Waals surface area contributed by atoms with Gasteiger partial charge in [0.05, 0.1) is 21.3 Å². The Balaban J connectivity index is 1.62. The van der Waals surface area contributed by atoms with Gasteiger partial charge >= 0.3 is 12.2 Å². The molecule has 0 amide bonds. The molecule has 0 bridgehead atoms. The molecule has 0 spiro atoms. The molecule has 0 fully saturated rings. The van der Waals surface area contributed by atoms with E-state index in [2.05, 4.69) is 53.1 Å². The van der Waals surface area contributed by atoms with Crippen LogP contribution in [-0.2, 0) is 11.0 Å². The van der Waals surface area contributed by atoms with Gasteiger partial charge in [-0.15, -0.1) is 0 Å². The molecular weight excluding hydrogens is 576 g/mol. The first-order valence-corrected chi connectivity index (χ1v) is 14.8. The topological polar surface area (TPSA) is 75.6 Å². The molecule has 2 aliphatic rings. The van der Waals surface area contributed by atoms with E-state index in [1.165, 1.54) is 5.56 Å². The van der Waals surface area contributed by atoms with Crippen molar-refractivity contribution in [3.63, 3.8) is 0 Å². The van der Waals surface area contributed by atoms with Crippen LogP contribution in [0.15, 0.2) is 66.7 Å². The molecule has 1 unspecified atom stereocenters. The Morgan fingerprint density at radius 3 is 2.04 bits per heavy atom. The quantitative estimate of drug-likeness (QED) is 0.187. The fourth-order valence-electron chi connectivity index (χ4n) is 7.22. The zero-order chi connectivity index (χ0) is 31.5. The molecule has 45 heavy (non-hydrogen) atoms. The van der Waals surface area contributed by atoms with Crippen LogP contribution in [0.1, 0.15) is 54.8 Å². The van der Waals surface area contributed by atoms with E-state index in [-0.39, 0.29) is 11.2 Å². The van der Waals surface area contributed by atoms with Gasteiger partial charge in [0, 0.05) is 21.9 Å². The summed E-state index contributed by atoms with van der Waals surface area (Å²) in [5, 5.41) is 1.65. The first-order chi connectivity index (χ1) is 21.8. The van der Waals surface area contributed by atoms with Crippen molar-refractivity contribution in [2.24, 2.45) is 0 Å². The third-order valence-corrected chi connectivity index (χ3v) is 9.38. The van der Waals surface area contributed by atoms with Crippen molar-refractivity contribution < 1.29 is 27.7 Å². The van der Waals surface area contributed by atoms with E-state index in [1.807, 2.05) is 18.2 Å². The van der Waals surface area contributed by atoms with Crippen LogP contribution in [0, 0.1) is 12.2 Å². The predicted octanol–water partition coefficient (Wildman–Crippen LogP) is 7.76. The highest BCUT2D eigenvalue weighted by molar-refractivity contribution is 6.09. The molecule has 5 aromatic rings. The van der Waals surface area contributed by atoms with Crippen molar-refractivity contribution in [3.8, 4) is 34.1 Å². The van der Waals surface area contributed by atoms with Crippen LogP contribution in [0.5, 0.6) is 23.0 Å². The minimum Gasteiger partial charge on any atom is -0.497 e. The summed E-state index contributed by atoms with van der Waals surface area (Å²) in [5.41, 5.74) is 4.15. The van der Waals surface area contributed by atoms with Crippen LogP contribution >= 0.6 is 0 Å². The van der Waals surface area contributed by atoms with Crippen LogP contribution in [0.2, 0.25) is 0 Å². The Hall–Kier alpha value is -5.05. The zero-order valence-corrected chi connectivity index (χ0v) is 25.6. The van der Waals surface area contributed by atoms with Crippen molar-refractivity contribution in [1.29, 1.82) is 0 Å². The number of ether oxygens (including phenoxy) is 4. The first-order valence-electron chi connectivity index (χ1n) is 14.8. The average molecular weight is 608 g/mol. The minimum atomic E-state index is -1.61. The minimum absolute atomic E-state index is 0.228. The van der Waals surface area contributed by atoms with Gasteiger partial charge in [-0.2, -0.15) is 23.7 Å². The maximum absolute atomic E-state index is 14.6. The molecule has 7 rings (SSSR count). The number of fused-ring (bicyclic) bond motifs is 8. The molecular formula is C36H31F2N3O4. The van der Waals surface area contributed by atoms with E-state index in [1.54, 1.807) is 51.7 Å². The Bertz CT molecular complexity index is 1990. The van der Waals surface area contributed by atoms with Gasteiger partial charge in [-0.3, -0.25) is 0 Å². The second kappa shape index (κ2) is 10.5. The SMILES string of the molecule is CCC1(CC)c2ccccc2-c2c1c1c(c3cc(OC)c(OC)cc23)OC(c2ccc(OC)cc2)(c2nc(F)nc(F)n2)C=C1. The first kappa shape index (κ1) is 28.7. The standard InChI is InChI=1S/C36H31F2N3O4/c1-6-35(7-2)26-11-9-8-10-22(26)29-24-18-27(43-4)28(44-5)19-25(24)31-23(30(29)35)16-17-36(45-31,20-12-14-21(42-3)15-13-20)32-39-33(37)41-34(38)40-32/h8-19H,6-7H2,1-5H3. The molecule has 0 saturated heterocycles. The summed E-state index contributed by atoms with van der Waals surface area (Å²) in [7, 11) is 4.75. The Morgan fingerprint density at radius 1 is 0.778 bits per heavy atom. The van der Waals surface area contributed by atoms with Gasteiger partial charge in [0.1, 0.15) is 11.5 Å². The molecule has 0 radical (unpaired) electrons. The molecule has 4 aromatic carbocycles. The lowest BCUT2D eigenvalue weighted by molar-refractivity contribution is 0.148. The van der Waals surface area contributed by atoms with Gasteiger partial charge in [0.2, 0.25) is 5.60 Å². The van der Waals surface area contributed by atoms with E-state index >= 15 is 0 Å². The Kier molecular flexibility index (Phi) is 6.72. The van der Waals surface area contributed by atoms with E-state index < -0.39 is 17.8 Å². The molecule has 1 atom stereocenters. The average Bonchev–Trinajstić information content (AvgIpc) is 3.38. The third-order valence-electron chi connectivity index (χ3n) is 9.38. The van der Waals surface area contributed by atoms with Gasteiger partial charge in [-0.1, -0.05) is 56.3 Å². The van der Waals surface area contributed by atoms with Gasteiger partial charge in [0.15, 0.2) is 17.3 Å². The van der Waals surface area contributed by atoms with Gasteiger partial charge in [-0.25, -0.2) is 0 Å². The molecule has 1 aliphatic heterocycles. The van der Waals surface area contributed by atoms with E-state index in [0.29, 0.717) is 28.6 Å². The van der Waals surface area contributed by atoms with E-state index in [4.69, 9.17) is 18.9 Å². The van der Waals surface area contributed by atoms with Crippen LogP contribution in [0.4, 0.5) is 8.78 Å². The Morgan fingerprint density at radius 2 is 1.42 bits per heavy atom. The summed E-state index contributed by atoms with van der Waals surface area (Å²) >= 11 is 0. The maximum atomic E-state index is 14.6. The van der Waals surface area contributed by atoms with Crippen LogP contribution < -0.4 is 18.9 Å². The van der Waals surface area contributed by atoms with Crippen molar-refractivity contribution in [2.45, 2.75) is 37.7 Å². The second-order valence-corrected chi connectivity index (χ2v) is 11.2. The number of hydrogen-bond acceptors (Lipinski definition) is 7. The predicted molar refractivity (Wildman–Crippen MR) is 167 cm³/mol. The molecule has 0 N–H and O–H groups in total. The fraction of sp³-hybridized carbons (Fsp3) is 0.250.